The van der Waals surface area contributed by atoms with Gasteiger partial charge in [-0.1, -0.05) is 30.3 Å². The highest BCUT2D eigenvalue weighted by molar-refractivity contribution is 5.77. The van der Waals surface area contributed by atoms with Gasteiger partial charge in [-0.05, 0) is 30.3 Å². The van der Waals surface area contributed by atoms with Gasteiger partial charge in [-0.2, -0.15) is 4.52 Å². The predicted molar refractivity (Wildman–Crippen MR) is 113 cm³/mol. The monoisotopic (exact) mass is 419 g/mol. The van der Waals surface area contributed by atoms with E-state index in [1.807, 2.05) is 42.5 Å². The Morgan fingerprint density at radius 3 is 2.65 bits per heavy atom. The van der Waals surface area contributed by atoms with Crippen molar-refractivity contribution < 1.29 is 19.0 Å². The Balaban J connectivity index is 1.32. The number of nitrogens with zero attached hydrogens (tertiary/aromatic N) is 4. The molecule has 4 aromatic rings. The Kier molecular flexibility index (Phi) is 6.22. The molecule has 2 aromatic heterocycles. The molecule has 1 amide bonds. The van der Waals surface area contributed by atoms with Gasteiger partial charge >= 0.3 is 0 Å². The fraction of sp³-hybridized carbons (Fsp3) is 0.182. The fourth-order valence-corrected chi connectivity index (χ4v) is 2.85. The van der Waals surface area contributed by atoms with E-state index in [-0.39, 0.29) is 19.1 Å². The number of para-hydroxylation sites is 1. The van der Waals surface area contributed by atoms with Gasteiger partial charge in [0.1, 0.15) is 18.1 Å². The topological polar surface area (TPSA) is 99.9 Å². The molecule has 0 radical (unpaired) electrons. The predicted octanol–water partition coefficient (Wildman–Crippen LogP) is 2.37. The average molecular weight is 419 g/mol. The molecule has 0 unspecified atom stereocenters. The number of fused-ring (bicyclic) bond motifs is 1. The highest BCUT2D eigenvalue weighted by Gasteiger charge is 2.11. The average Bonchev–Trinajstić information content (AvgIpc) is 3.24. The van der Waals surface area contributed by atoms with E-state index in [2.05, 4.69) is 20.6 Å². The molecule has 0 fully saturated rings. The van der Waals surface area contributed by atoms with Gasteiger partial charge < -0.3 is 19.5 Å². The van der Waals surface area contributed by atoms with Gasteiger partial charge in [0.2, 0.25) is 5.88 Å². The number of aromatic nitrogens is 4. The van der Waals surface area contributed by atoms with E-state index in [9.17, 15) is 4.79 Å². The smallest absolute Gasteiger partial charge is 0.258 e. The Bertz CT molecular complexity index is 1160. The maximum Gasteiger partial charge on any atom is 0.258 e. The molecule has 0 aliphatic rings. The summed E-state index contributed by atoms with van der Waals surface area (Å²) in [5.74, 6) is 2.10. The molecule has 2 aromatic carbocycles. The standard InChI is InChI=1S/C22H21N5O4/c1-29-18-9-5-6-16(14-18)22-25-24-19-10-11-21(26-27(19)22)30-13-12-23-20(28)15-31-17-7-3-2-4-8-17/h2-11,14H,12-13,15H2,1H3,(H,23,28). The molecule has 0 saturated carbocycles. The minimum absolute atomic E-state index is 0.0567. The van der Waals surface area contributed by atoms with Crippen molar-refractivity contribution in [3.05, 3.63) is 66.7 Å². The number of methoxy groups -OCH3 is 1. The van der Waals surface area contributed by atoms with Crippen molar-refractivity contribution in [2.75, 3.05) is 26.9 Å². The number of amides is 1. The fourth-order valence-electron chi connectivity index (χ4n) is 2.85. The lowest BCUT2D eigenvalue weighted by atomic mass is 10.2. The number of hydrogen-bond donors (Lipinski definition) is 1. The molecule has 0 atom stereocenters. The number of hydrogen-bond acceptors (Lipinski definition) is 7. The summed E-state index contributed by atoms with van der Waals surface area (Å²) in [5.41, 5.74) is 1.42. The maximum atomic E-state index is 11.9. The second-order valence-electron chi connectivity index (χ2n) is 6.50. The molecule has 0 bridgehead atoms. The zero-order valence-electron chi connectivity index (χ0n) is 16.9. The lowest BCUT2D eigenvalue weighted by molar-refractivity contribution is -0.123. The van der Waals surface area contributed by atoms with E-state index in [1.165, 1.54) is 0 Å². The van der Waals surface area contributed by atoms with Gasteiger partial charge in [0.25, 0.3) is 5.91 Å². The van der Waals surface area contributed by atoms with E-state index < -0.39 is 0 Å². The number of benzene rings is 2. The molecule has 0 saturated heterocycles. The lowest BCUT2D eigenvalue weighted by Gasteiger charge is -2.09. The van der Waals surface area contributed by atoms with Crippen molar-refractivity contribution in [1.82, 2.24) is 25.1 Å². The quantitative estimate of drug-likeness (QED) is 0.416. The molecule has 4 rings (SSSR count). The van der Waals surface area contributed by atoms with Crippen molar-refractivity contribution in [3.8, 4) is 28.8 Å². The molecular formula is C22H21N5O4. The van der Waals surface area contributed by atoms with Crippen molar-refractivity contribution in [2.24, 2.45) is 0 Å². The second kappa shape index (κ2) is 9.57. The van der Waals surface area contributed by atoms with Crippen molar-refractivity contribution >= 4 is 11.6 Å². The third kappa shape index (κ3) is 5.08. The third-order valence-corrected chi connectivity index (χ3v) is 4.35. The summed E-state index contributed by atoms with van der Waals surface area (Å²) in [5, 5.41) is 15.5. The molecule has 31 heavy (non-hydrogen) atoms. The van der Waals surface area contributed by atoms with Crippen LogP contribution in [0.4, 0.5) is 0 Å². The molecule has 9 nitrogen and oxygen atoms in total. The van der Waals surface area contributed by atoms with E-state index in [0.717, 1.165) is 5.56 Å². The van der Waals surface area contributed by atoms with Crippen LogP contribution >= 0.6 is 0 Å². The van der Waals surface area contributed by atoms with Gasteiger partial charge in [0.05, 0.1) is 13.7 Å². The SMILES string of the molecule is COc1cccc(-c2nnc3ccc(OCCNC(=O)COc4ccccc4)nn23)c1. The van der Waals surface area contributed by atoms with Crippen LogP contribution in [0.25, 0.3) is 17.0 Å². The van der Waals surface area contributed by atoms with Crippen molar-refractivity contribution in [2.45, 2.75) is 0 Å². The van der Waals surface area contributed by atoms with Crippen LogP contribution in [0.2, 0.25) is 0 Å². The summed E-state index contributed by atoms with van der Waals surface area (Å²) in [6.45, 7) is 0.520. The van der Waals surface area contributed by atoms with Crippen LogP contribution in [-0.2, 0) is 4.79 Å². The highest BCUT2D eigenvalue weighted by atomic mass is 16.5. The van der Waals surface area contributed by atoms with Crippen LogP contribution in [0, 0.1) is 0 Å². The van der Waals surface area contributed by atoms with E-state index in [4.69, 9.17) is 14.2 Å². The molecule has 9 heteroatoms. The normalized spacial score (nSPS) is 10.6. The van der Waals surface area contributed by atoms with Crippen LogP contribution in [0.1, 0.15) is 0 Å². The molecule has 0 aliphatic carbocycles. The largest absolute Gasteiger partial charge is 0.497 e. The Labute approximate surface area is 178 Å². The minimum Gasteiger partial charge on any atom is -0.497 e. The highest BCUT2D eigenvalue weighted by Crippen LogP contribution is 2.23. The van der Waals surface area contributed by atoms with Crippen molar-refractivity contribution in [1.29, 1.82) is 0 Å². The summed E-state index contributed by atoms with van der Waals surface area (Å²) in [4.78, 5) is 11.9. The van der Waals surface area contributed by atoms with Gasteiger partial charge in [-0.25, -0.2) is 0 Å². The van der Waals surface area contributed by atoms with Gasteiger partial charge in [0.15, 0.2) is 18.1 Å². The lowest BCUT2D eigenvalue weighted by Crippen LogP contribution is -2.32. The molecule has 1 N–H and O–H groups in total. The van der Waals surface area contributed by atoms with Crippen LogP contribution < -0.4 is 19.5 Å². The number of carbonyl (C=O) groups excluding carboxylic acids is 1. The summed E-state index contributed by atoms with van der Waals surface area (Å²) in [6, 6.07) is 20.1. The van der Waals surface area contributed by atoms with Crippen LogP contribution in [0.5, 0.6) is 17.4 Å². The third-order valence-electron chi connectivity index (χ3n) is 4.35. The van der Waals surface area contributed by atoms with Crippen LogP contribution in [0.3, 0.4) is 0 Å². The Hall–Kier alpha value is -4.14. The Morgan fingerprint density at radius 2 is 1.81 bits per heavy atom. The molecule has 158 valence electrons. The summed E-state index contributed by atoms with van der Waals surface area (Å²) < 4.78 is 17.9. The van der Waals surface area contributed by atoms with Gasteiger partial charge in [0, 0.05) is 11.6 Å². The number of carbonyl (C=O) groups is 1. The molecule has 0 spiro atoms. The van der Waals surface area contributed by atoms with E-state index >= 15 is 0 Å². The van der Waals surface area contributed by atoms with Crippen molar-refractivity contribution in [3.63, 3.8) is 0 Å². The van der Waals surface area contributed by atoms with E-state index in [0.29, 0.717) is 35.4 Å². The summed E-state index contributed by atoms with van der Waals surface area (Å²) in [6.07, 6.45) is 0. The number of ether oxygens (including phenoxy) is 3. The zero-order chi connectivity index (χ0) is 21.5. The number of rotatable bonds is 9. The summed E-state index contributed by atoms with van der Waals surface area (Å²) >= 11 is 0. The van der Waals surface area contributed by atoms with Gasteiger partial charge in [-0.15, -0.1) is 15.3 Å². The molecular weight excluding hydrogens is 398 g/mol. The number of nitrogens with one attached hydrogen (secondary N) is 1. The van der Waals surface area contributed by atoms with Gasteiger partial charge in [-0.3, -0.25) is 4.79 Å². The second-order valence-corrected chi connectivity index (χ2v) is 6.50. The Morgan fingerprint density at radius 1 is 0.968 bits per heavy atom. The van der Waals surface area contributed by atoms with E-state index in [1.54, 1.807) is 35.9 Å². The summed E-state index contributed by atoms with van der Waals surface area (Å²) in [7, 11) is 1.61. The molecule has 0 aliphatic heterocycles. The maximum absolute atomic E-state index is 11.9. The first-order chi connectivity index (χ1) is 15.2. The zero-order valence-corrected chi connectivity index (χ0v) is 16.9. The first-order valence-electron chi connectivity index (χ1n) is 9.67. The minimum atomic E-state index is -0.227. The first-order valence-corrected chi connectivity index (χ1v) is 9.67. The first kappa shape index (κ1) is 20.1. The van der Waals surface area contributed by atoms with Crippen LogP contribution in [-0.4, -0.2) is 52.6 Å². The molecule has 2 heterocycles. The van der Waals surface area contributed by atoms with Crippen LogP contribution in [0.15, 0.2) is 66.7 Å².